The Morgan fingerprint density at radius 3 is 2.74 bits per heavy atom. The van der Waals surface area contributed by atoms with Gasteiger partial charge in [0.15, 0.2) is 15.7 Å². The molecule has 0 saturated heterocycles. The summed E-state index contributed by atoms with van der Waals surface area (Å²) in [4.78, 5) is 3.65. The predicted octanol–water partition coefficient (Wildman–Crippen LogP) is 2.45. The standard InChI is InChI=1S/C12H8ClFNO3S/c1-19(17,18)8-4-7(5-15-6-8)11-10(16)3-2-9(13)12(11)14/h2,4-6,16H,1H3. The molecule has 0 aliphatic rings. The molecule has 1 N–H and O–H groups in total. The van der Waals surface area contributed by atoms with Crippen molar-refractivity contribution in [3.8, 4) is 16.9 Å². The number of benzene rings is 1. The van der Waals surface area contributed by atoms with Gasteiger partial charge in [-0.1, -0.05) is 11.6 Å². The van der Waals surface area contributed by atoms with Gasteiger partial charge in [-0.15, -0.1) is 0 Å². The number of hydrogen-bond donors (Lipinski definition) is 1. The van der Waals surface area contributed by atoms with Crippen LogP contribution in [0, 0.1) is 11.9 Å². The molecule has 0 saturated carbocycles. The fraction of sp³-hybridized carbons (Fsp3) is 0.0833. The molecule has 19 heavy (non-hydrogen) atoms. The first-order chi connectivity index (χ1) is 8.80. The van der Waals surface area contributed by atoms with Crippen LogP contribution in [0.25, 0.3) is 11.1 Å². The minimum absolute atomic E-state index is 0.0798. The van der Waals surface area contributed by atoms with E-state index in [0.717, 1.165) is 18.5 Å². The molecule has 7 heteroatoms. The largest absolute Gasteiger partial charge is 0.507 e. The Balaban J connectivity index is 2.70. The second-order valence-electron chi connectivity index (χ2n) is 3.86. The van der Waals surface area contributed by atoms with Gasteiger partial charge in [-0.05, 0) is 12.1 Å². The van der Waals surface area contributed by atoms with Gasteiger partial charge in [0, 0.05) is 30.3 Å². The van der Waals surface area contributed by atoms with Crippen molar-refractivity contribution >= 4 is 21.4 Å². The van der Waals surface area contributed by atoms with Gasteiger partial charge in [-0.3, -0.25) is 4.98 Å². The monoisotopic (exact) mass is 300 g/mol. The summed E-state index contributed by atoms with van der Waals surface area (Å²) in [6.07, 6.45) is 3.38. The Bertz CT molecular complexity index is 747. The minimum atomic E-state index is -3.48. The number of phenols is 1. The summed E-state index contributed by atoms with van der Waals surface area (Å²) in [5.74, 6) is -1.32. The highest BCUT2D eigenvalue weighted by atomic mass is 35.5. The lowest BCUT2D eigenvalue weighted by molar-refractivity contribution is 0.471. The lowest BCUT2D eigenvalue weighted by Crippen LogP contribution is -1.98. The smallest absolute Gasteiger partial charge is 0.177 e. The van der Waals surface area contributed by atoms with Crippen LogP contribution in [0.5, 0.6) is 5.75 Å². The van der Waals surface area contributed by atoms with Crippen molar-refractivity contribution in [2.45, 2.75) is 4.90 Å². The fourth-order valence-electron chi connectivity index (χ4n) is 1.51. The molecule has 0 amide bonds. The number of nitrogens with zero attached hydrogens (tertiary/aromatic N) is 1. The van der Waals surface area contributed by atoms with Crippen LogP contribution in [-0.4, -0.2) is 24.8 Å². The van der Waals surface area contributed by atoms with E-state index in [1.165, 1.54) is 12.3 Å². The maximum Gasteiger partial charge on any atom is 0.177 e. The molecule has 0 fully saturated rings. The van der Waals surface area contributed by atoms with E-state index in [2.05, 4.69) is 11.1 Å². The summed E-state index contributed by atoms with van der Waals surface area (Å²) in [5.41, 5.74) is -0.123. The van der Waals surface area contributed by atoms with Gasteiger partial charge in [0.05, 0.1) is 15.5 Å². The van der Waals surface area contributed by atoms with Crippen LogP contribution in [0.15, 0.2) is 29.4 Å². The molecule has 0 aliphatic heterocycles. The van der Waals surface area contributed by atoms with Crippen LogP contribution in [0.1, 0.15) is 0 Å². The van der Waals surface area contributed by atoms with Gasteiger partial charge in [0.1, 0.15) is 5.75 Å². The van der Waals surface area contributed by atoms with Crippen molar-refractivity contribution < 1.29 is 17.9 Å². The van der Waals surface area contributed by atoms with Gasteiger partial charge in [0.25, 0.3) is 0 Å². The number of rotatable bonds is 2. The lowest BCUT2D eigenvalue weighted by Gasteiger charge is -2.08. The van der Waals surface area contributed by atoms with Gasteiger partial charge in [-0.2, -0.15) is 0 Å². The normalized spacial score (nSPS) is 11.5. The highest BCUT2D eigenvalue weighted by molar-refractivity contribution is 7.90. The van der Waals surface area contributed by atoms with Gasteiger partial charge in [0.2, 0.25) is 0 Å². The van der Waals surface area contributed by atoms with E-state index in [4.69, 9.17) is 11.6 Å². The van der Waals surface area contributed by atoms with Crippen molar-refractivity contribution in [2.75, 3.05) is 6.26 Å². The highest BCUT2D eigenvalue weighted by Crippen LogP contribution is 2.35. The first-order valence-corrected chi connectivity index (χ1v) is 7.32. The molecule has 0 unspecified atom stereocenters. The molecule has 0 bridgehead atoms. The van der Waals surface area contributed by atoms with Crippen molar-refractivity contribution in [3.63, 3.8) is 0 Å². The molecule has 2 aromatic rings. The molecule has 1 aromatic heterocycles. The van der Waals surface area contributed by atoms with E-state index in [1.807, 2.05) is 0 Å². The zero-order valence-electron chi connectivity index (χ0n) is 9.68. The van der Waals surface area contributed by atoms with E-state index < -0.39 is 21.4 Å². The molecule has 0 aliphatic carbocycles. The summed E-state index contributed by atoms with van der Waals surface area (Å²) in [6, 6.07) is 4.67. The quantitative estimate of drug-likeness (QED) is 0.925. The highest BCUT2D eigenvalue weighted by Gasteiger charge is 2.17. The Morgan fingerprint density at radius 1 is 1.42 bits per heavy atom. The first kappa shape index (κ1) is 13.8. The summed E-state index contributed by atoms with van der Waals surface area (Å²) in [6.45, 7) is 0. The van der Waals surface area contributed by atoms with Gasteiger partial charge in [-0.25, -0.2) is 12.8 Å². The summed E-state index contributed by atoms with van der Waals surface area (Å²) in [5, 5.41) is 9.41. The van der Waals surface area contributed by atoms with E-state index in [0.29, 0.717) is 0 Å². The summed E-state index contributed by atoms with van der Waals surface area (Å²) in [7, 11) is -3.48. The number of hydrogen-bond acceptors (Lipinski definition) is 4. The average Bonchev–Trinajstić information content (AvgIpc) is 2.34. The van der Waals surface area contributed by atoms with Crippen molar-refractivity contribution in [2.24, 2.45) is 0 Å². The molecule has 99 valence electrons. The van der Waals surface area contributed by atoms with Crippen molar-refractivity contribution in [3.05, 3.63) is 41.4 Å². The maximum atomic E-state index is 13.9. The molecular weight excluding hydrogens is 293 g/mol. The van der Waals surface area contributed by atoms with Crippen LogP contribution >= 0.6 is 11.6 Å². The van der Waals surface area contributed by atoms with Gasteiger partial charge < -0.3 is 5.11 Å². The Kier molecular flexibility index (Phi) is 3.47. The van der Waals surface area contributed by atoms with Crippen LogP contribution in [0.2, 0.25) is 5.02 Å². The molecular formula is C12H8ClFNO3S. The average molecular weight is 301 g/mol. The van der Waals surface area contributed by atoms with E-state index in [1.54, 1.807) is 0 Å². The molecule has 1 heterocycles. The second kappa shape index (κ2) is 4.79. The number of aromatic hydroxyl groups is 1. The second-order valence-corrected chi connectivity index (χ2v) is 6.28. The third-order valence-electron chi connectivity index (χ3n) is 2.43. The van der Waals surface area contributed by atoms with Crippen LogP contribution < -0.4 is 0 Å². The molecule has 1 aromatic carbocycles. The van der Waals surface area contributed by atoms with Crippen molar-refractivity contribution in [1.82, 2.24) is 4.98 Å². The van der Waals surface area contributed by atoms with E-state index >= 15 is 0 Å². The molecule has 2 rings (SSSR count). The number of sulfone groups is 1. The summed E-state index contributed by atoms with van der Waals surface area (Å²) >= 11 is 5.61. The number of pyridine rings is 1. The number of halogens is 2. The van der Waals surface area contributed by atoms with Gasteiger partial charge >= 0.3 is 0 Å². The Hall–Kier alpha value is -1.66. The zero-order valence-corrected chi connectivity index (χ0v) is 11.3. The Morgan fingerprint density at radius 2 is 2.11 bits per heavy atom. The zero-order chi connectivity index (χ0) is 14.2. The van der Waals surface area contributed by atoms with E-state index in [-0.39, 0.29) is 21.0 Å². The fourth-order valence-corrected chi connectivity index (χ4v) is 2.25. The number of aromatic nitrogens is 1. The minimum Gasteiger partial charge on any atom is -0.507 e. The third-order valence-corrected chi connectivity index (χ3v) is 3.79. The van der Waals surface area contributed by atoms with Crippen LogP contribution in [0.4, 0.5) is 4.39 Å². The summed E-state index contributed by atoms with van der Waals surface area (Å²) < 4.78 is 36.7. The number of phenolic OH excluding ortho intramolecular Hbond substituents is 1. The van der Waals surface area contributed by atoms with Crippen LogP contribution in [0.3, 0.4) is 0 Å². The first-order valence-electron chi connectivity index (χ1n) is 5.05. The maximum absolute atomic E-state index is 13.9. The lowest BCUT2D eigenvalue weighted by atomic mass is 10.1. The van der Waals surface area contributed by atoms with E-state index in [9.17, 15) is 17.9 Å². The van der Waals surface area contributed by atoms with Crippen molar-refractivity contribution in [1.29, 1.82) is 0 Å². The molecule has 4 nitrogen and oxygen atoms in total. The third kappa shape index (κ3) is 2.69. The van der Waals surface area contributed by atoms with Crippen LogP contribution in [-0.2, 0) is 9.84 Å². The molecule has 0 spiro atoms. The molecule has 0 atom stereocenters. The Labute approximate surface area is 114 Å². The SMILES string of the molecule is CS(=O)(=O)c1cncc(-c2c(O)[c]cc(Cl)c2F)c1. The molecule has 1 radical (unpaired) electrons. The predicted molar refractivity (Wildman–Crippen MR) is 68.3 cm³/mol. The topological polar surface area (TPSA) is 67.3 Å².